The third-order valence-corrected chi connectivity index (χ3v) is 2.62. The van der Waals surface area contributed by atoms with E-state index in [-0.39, 0.29) is 0 Å². The summed E-state index contributed by atoms with van der Waals surface area (Å²) in [5, 5.41) is 23.2. The average Bonchev–Trinajstić information content (AvgIpc) is 2.90. The topological polar surface area (TPSA) is 83.9 Å². The minimum absolute atomic E-state index is 0.471. The minimum atomic E-state index is -0.805. The van der Waals surface area contributed by atoms with Gasteiger partial charge in [0.1, 0.15) is 0 Å². The maximum atomic E-state index is 9.56. The van der Waals surface area contributed by atoms with Gasteiger partial charge in [0, 0.05) is 6.42 Å². The van der Waals surface area contributed by atoms with E-state index in [0.29, 0.717) is 18.9 Å². The van der Waals surface area contributed by atoms with Crippen molar-refractivity contribution in [3.63, 3.8) is 0 Å². The standard InChI is InChI=1S/C9H9BN4O2/c15-10-8-3-6(1-2-7(8)5-16-10)4-9-11-13-14-12-9/h1-3,15H,4-5H2,(H,11,12,13,14). The molecule has 0 aliphatic carbocycles. The second kappa shape index (κ2) is 3.69. The molecule has 3 rings (SSSR count). The van der Waals surface area contributed by atoms with Gasteiger partial charge in [0.15, 0.2) is 5.82 Å². The molecule has 0 spiro atoms. The maximum Gasteiger partial charge on any atom is 0.491 e. The highest BCUT2D eigenvalue weighted by Crippen LogP contribution is 2.12. The Labute approximate surface area is 91.8 Å². The smallest absolute Gasteiger partial charge is 0.423 e. The van der Waals surface area contributed by atoms with Gasteiger partial charge in [0.2, 0.25) is 0 Å². The van der Waals surface area contributed by atoms with Gasteiger partial charge in [0.25, 0.3) is 0 Å². The van der Waals surface area contributed by atoms with Crippen molar-refractivity contribution in [3.05, 3.63) is 35.2 Å². The molecule has 0 bridgehead atoms. The van der Waals surface area contributed by atoms with Crippen LogP contribution in [0.1, 0.15) is 17.0 Å². The first kappa shape index (κ1) is 9.50. The fourth-order valence-electron chi connectivity index (χ4n) is 1.81. The van der Waals surface area contributed by atoms with Gasteiger partial charge in [-0.2, -0.15) is 5.21 Å². The molecule has 0 radical (unpaired) electrons. The van der Waals surface area contributed by atoms with Gasteiger partial charge in [0.05, 0.1) is 6.61 Å². The van der Waals surface area contributed by atoms with Crippen LogP contribution >= 0.6 is 0 Å². The molecule has 2 heterocycles. The molecular formula is C9H9BN4O2. The van der Waals surface area contributed by atoms with Gasteiger partial charge in [-0.1, -0.05) is 23.4 Å². The van der Waals surface area contributed by atoms with E-state index in [1.165, 1.54) is 0 Å². The molecule has 0 saturated heterocycles. The number of H-pyrrole nitrogens is 1. The molecule has 0 amide bonds. The fraction of sp³-hybridized carbons (Fsp3) is 0.222. The zero-order valence-corrected chi connectivity index (χ0v) is 8.42. The van der Waals surface area contributed by atoms with E-state index >= 15 is 0 Å². The number of tetrazole rings is 1. The molecule has 1 aliphatic rings. The number of fused-ring (bicyclic) bond motifs is 1. The second-order valence-electron chi connectivity index (χ2n) is 3.70. The molecule has 0 unspecified atom stereocenters. The molecule has 1 aromatic carbocycles. The number of aromatic amines is 1. The highest BCUT2D eigenvalue weighted by Gasteiger charge is 2.27. The quantitative estimate of drug-likeness (QED) is 0.629. The first-order valence-electron chi connectivity index (χ1n) is 4.96. The van der Waals surface area contributed by atoms with Crippen molar-refractivity contribution in [2.45, 2.75) is 13.0 Å². The van der Waals surface area contributed by atoms with Crippen molar-refractivity contribution in [1.82, 2.24) is 20.6 Å². The lowest BCUT2D eigenvalue weighted by atomic mass is 9.78. The Morgan fingerprint density at radius 1 is 1.50 bits per heavy atom. The number of benzene rings is 1. The minimum Gasteiger partial charge on any atom is -0.423 e. The van der Waals surface area contributed by atoms with Crippen LogP contribution in [0.25, 0.3) is 0 Å². The third-order valence-electron chi connectivity index (χ3n) is 2.62. The van der Waals surface area contributed by atoms with Crippen molar-refractivity contribution >= 4 is 12.6 Å². The summed E-state index contributed by atoms with van der Waals surface area (Å²) in [4.78, 5) is 0. The summed E-state index contributed by atoms with van der Waals surface area (Å²) in [5.74, 6) is 0.633. The highest BCUT2D eigenvalue weighted by atomic mass is 16.5. The zero-order chi connectivity index (χ0) is 11.0. The molecule has 7 heteroatoms. The molecule has 0 fully saturated rings. The number of hydrogen-bond donors (Lipinski definition) is 2. The van der Waals surface area contributed by atoms with E-state index < -0.39 is 7.12 Å². The van der Waals surface area contributed by atoms with Crippen molar-refractivity contribution in [2.75, 3.05) is 0 Å². The highest BCUT2D eigenvalue weighted by molar-refractivity contribution is 6.61. The second-order valence-corrected chi connectivity index (χ2v) is 3.70. The molecule has 16 heavy (non-hydrogen) atoms. The number of nitrogens with zero attached hydrogens (tertiary/aromatic N) is 3. The molecule has 6 nitrogen and oxygen atoms in total. The molecule has 1 aromatic heterocycles. The van der Waals surface area contributed by atoms with E-state index in [0.717, 1.165) is 16.6 Å². The van der Waals surface area contributed by atoms with Crippen LogP contribution in [-0.2, 0) is 17.7 Å². The van der Waals surface area contributed by atoms with Gasteiger partial charge >= 0.3 is 7.12 Å². The fourth-order valence-corrected chi connectivity index (χ4v) is 1.81. The Kier molecular flexibility index (Phi) is 2.19. The summed E-state index contributed by atoms with van der Waals surface area (Å²) in [6.07, 6.45) is 0.594. The van der Waals surface area contributed by atoms with Crippen molar-refractivity contribution in [2.24, 2.45) is 0 Å². The van der Waals surface area contributed by atoms with E-state index in [9.17, 15) is 5.02 Å². The molecule has 2 aromatic rings. The van der Waals surface area contributed by atoms with E-state index in [1.807, 2.05) is 18.2 Å². The monoisotopic (exact) mass is 216 g/mol. The lowest BCUT2D eigenvalue weighted by Gasteiger charge is -2.01. The van der Waals surface area contributed by atoms with Crippen molar-refractivity contribution in [3.8, 4) is 0 Å². The summed E-state index contributed by atoms with van der Waals surface area (Å²) in [6, 6.07) is 5.86. The van der Waals surface area contributed by atoms with Crippen LogP contribution < -0.4 is 5.46 Å². The Morgan fingerprint density at radius 2 is 2.44 bits per heavy atom. The molecule has 80 valence electrons. The summed E-state index contributed by atoms with van der Waals surface area (Å²) < 4.78 is 5.12. The van der Waals surface area contributed by atoms with Crippen LogP contribution in [0.15, 0.2) is 18.2 Å². The predicted molar refractivity (Wildman–Crippen MR) is 55.8 cm³/mol. The summed E-state index contributed by atoms with van der Waals surface area (Å²) in [5.41, 5.74) is 2.90. The lowest BCUT2D eigenvalue weighted by molar-refractivity contribution is 0.275. The Bertz CT molecular complexity index is 502. The first-order chi connectivity index (χ1) is 7.83. The summed E-state index contributed by atoms with van der Waals surface area (Å²) >= 11 is 0. The van der Waals surface area contributed by atoms with Crippen molar-refractivity contribution < 1.29 is 9.68 Å². The van der Waals surface area contributed by atoms with E-state index in [4.69, 9.17) is 4.65 Å². The number of rotatable bonds is 2. The van der Waals surface area contributed by atoms with Crippen molar-refractivity contribution in [1.29, 1.82) is 0 Å². The lowest BCUT2D eigenvalue weighted by Crippen LogP contribution is -2.28. The number of aromatic nitrogens is 4. The SMILES string of the molecule is OB1OCc2ccc(Cc3nn[nH]n3)cc21. The van der Waals surface area contributed by atoms with Crippen LogP contribution in [0, 0.1) is 0 Å². The predicted octanol–water partition coefficient (Wildman–Crippen LogP) is -0.992. The van der Waals surface area contributed by atoms with Gasteiger partial charge in [-0.15, -0.1) is 10.2 Å². The first-order valence-corrected chi connectivity index (χ1v) is 4.96. The summed E-state index contributed by atoms with van der Waals surface area (Å²) in [6.45, 7) is 0.471. The van der Waals surface area contributed by atoms with Crippen LogP contribution in [0.2, 0.25) is 0 Å². The molecule has 2 N–H and O–H groups in total. The van der Waals surface area contributed by atoms with Gasteiger partial charge in [-0.25, -0.2) is 0 Å². The normalized spacial score (nSPS) is 14.2. The largest absolute Gasteiger partial charge is 0.491 e. The van der Waals surface area contributed by atoms with E-state index in [1.54, 1.807) is 0 Å². The van der Waals surface area contributed by atoms with Gasteiger partial charge < -0.3 is 9.68 Å². The van der Waals surface area contributed by atoms with Gasteiger partial charge in [-0.05, 0) is 16.6 Å². The van der Waals surface area contributed by atoms with Crippen LogP contribution in [-0.4, -0.2) is 32.8 Å². The average molecular weight is 216 g/mol. The molecule has 0 atom stereocenters. The maximum absolute atomic E-state index is 9.56. The Hall–Kier alpha value is -1.73. The van der Waals surface area contributed by atoms with Crippen LogP contribution in [0.3, 0.4) is 0 Å². The molecular weight excluding hydrogens is 207 g/mol. The van der Waals surface area contributed by atoms with Gasteiger partial charge in [-0.3, -0.25) is 0 Å². The Balaban J connectivity index is 1.89. The molecule has 1 aliphatic heterocycles. The zero-order valence-electron chi connectivity index (χ0n) is 8.42. The number of hydrogen-bond acceptors (Lipinski definition) is 5. The summed E-state index contributed by atoms with van der Waals surface area (Å²) in [7, 11) is -0.805. The Morgan fingerprint density at radius 3 is 3.25 bits per heavy atom. The number of nitrogens with one attached hydrogen (secondary N) is 1. The van der Waals surface area contributed by atoms with Crippen LogP contribution in [0.5, 0.6) is 0 Å². The third kappa shape index (κ3) is 1.60. The molecule has 0 saturated carbocycles. The van der Waals surface area contributed by atoms with Crippen LogP contribution in [0.4, 0.5) is 0 Å². The van der Waals surface area contributed by atoms with E-state index in [2.05, 4.69) is 20.6 Å².